The number of hydrogen-bond donors (Lipinski definition) is 3. The van der Waals surface area contributed by atoms with Crippen molar-refractivity contribution in [3.8, 4) is 0 Å². The van der Waals surface area contributed by atoms with E-state index >= 15 is 0 Å². The van der Waals surface area contributed by atoms with Crippen molar-refractivity contribution in [1.29, 1.82) is 0 Å². The third kappa shape index (κ3) is 13.9. The van der Waals surface area contributed by atoms with Gasteiger partial charge in [-0.25, -0.2) is 0 Å². The molecule has 0 aromatic heterocycles. The number of carbonyl (C=O) groups is 4. The van der Waals surface area contributed by atoms with Crippen molar-refractivity contribution < 1.29 is 72.4 Å². The van der Waals surface area contributed by atoms with Gasteiger partial charge < -0.3 is 62.9 Å². The lowest BCUT2D eigenvalue weighted by Gasteiger charge is -2.50. The van der Waals surface area contributed by atoms with Gasteiger partial charge in [-0.3, -0.25) is 14.4 Å². The normalized spacial score (nSPS) is 40.6. The zero-order chi connectivity index (χ0) is 43.3. The summed E-state index contributed by atoms with van der Waals surface area (Å²) in [6.07, 6.45) is -3.41. The van der Waals surface area contributed by atoms with Crippen LogP contribution in [0.5, 0.6) is 0 Å². The van der Waals surface area contributed by atoms with Crippen LogP contribution in [-0.4, -0.2) is 151 Å². The van der Waals surface area contributed by atoms with E-state index in [2.05, 4.69) is 0 Å². The van der Waals surface area contributed by atoms with Gasteiger partial charge in [0.15, 0.2) is 18.7 Å². The number of esters is 3. The number of ether oxygens (including phenoxy) is 8. The second-order valence-electron chi connectivity index (χ2n) is 16.3. The second-order valence-corrected chi connectivity index (χ2v) is 16.3. The Bertz CT molecular complexity index is 1370. The summed E-state index contributed by atoms with van der Waals surface area (Å²) in [5.41, 5.74) is -1.49. The van der Waals surface area contributed by atoms with Gasteiger partial charge >= 0.3 is 17.9 Å². The van der Waals surface area contributed by atoms with Crippen LogP contribution in [0.1, 0.15) is 99.8 Å². The highest BCUT2D eigenvalue weighted by Gasteiger charge is 2.53. The van der Waals surface area contributed by atoms with E-state index in [-0.39, 0.29) is 32.1 Å². The largest absolute Gasteiger partial charge is 0.462 e. The maximum Gasteiger partial charge on any atom is 0.309 e. The van der Waals surface area contributed by atoms with Gasteiger partial charge in [0.2, 0.25) is 0 Å². The number of allylic oxidation sites excluding steroid dienone is 2. The number of aliphatic hydroxyl groups is 3. The molecule has 16 atom stereocenters. The Hall–Kier alpha value is -2.80. The molecule has 0 amide bonds. The van der Waals surface area contributed by atoms with Crippen LogP contribution in [0.3, 0.4) is 0 Å². The smallest absolute Gasteiger partial charge is 0.309 e. The zero-order valence-electron chi connectivity index (χ0n) is 35.9. The Kier molecular flexibility index (Phi) is 19.9. The predicted octanol–water partition coefficient (Wildman–Crippen LogP) is 3.16. The van der Waals surface area contributed by atoms with Crippen molar-refractivity contribution in [2.75, 3.05) is 21.2 Å². The Balaban J connectivity index is 2.00. The first-order valence-electron chi connectivity index (χ1n) is 20.6. The molecule has 0 aliphatic carbocycles. The average molecular weight is 828 g/mol. The molecule has 2 saturated heterocycles. The number of aldehydes is 1. The van der Waals surface area contributed by atoms with Gasteiger partial charge in [0, 0.05) is 39.2 Å². The van der Waals surface area contributed by atoms with Gasteiger partial charge in [0.05, 0.1) is 36.9 Å². The molecule has 0 aromatic rings. The van der Waals surface area contributed by atoms with E-state index in [9.17, 15) is 34.5 Å². The van der Waals surface area contributed by atoms with Gasteiger partial charge in [-0.2, -0.15) is 0 Å². The summed E-state index contributed by atoms with van der Waals surface area (Å²) in [4.78, 5) is 52.5. The molecule has 2 fully saturated rings. The molecule has 3 N–H and O–H groups in total. The van der Waals surface area contributed by atoms with Crippen LogP contribution in [0.15, 0.2) is 24.3 Å². The molecule has 0 saturated carbocycles. The fourth-order valence-corrected chi connectivity index (χ4v) is 8.00. The average Bonchev–Trinajstić information content (AvgIpc) is 3.13. The highest BCUT2D eigenvalue weighted by Crippen LogP contribution is 2.38. The summed E-state index contributed by atoms with van der Waals surface area (Å²) in [5.74, 6) is -2.79. The number of carbonyl (C=O) groups excluding carboxylic acids is 4. The molecule has 3 heterocycles. The molecule has 3 aliphatic rings. The van der Waals surface area contributed by atoms with Crippen molar-refractivity contribution in [3.05, 3.63) is 24.3 Å². The molecule has 3 aliphatic heterocycles. The molecule has 0 aromatic carbocycles. The Morgan fingerprint density at radius 1 is 0.983 bits per heavy atom. The van der Waals surface area contributed by atoms with E-state index in [1.165, 1.54) is 7.11 Å². The summed E-state index contributed by atoms with van der Waals surface area (Å²) in [5, 5.41) is 34.6. The molecular formula is C42H69NO15. The fourth-order valence-electron chi connectivity index (χ4n) is 8.00. The number of methoxy groups -OCH3 is 1. The first-order valence-corrected chi connectivity index (χ1v) is 20.6. The molecule has 332 valence electrons. The Labute approximate surface area is 343 Å². The Morgan fingerprint density at radius 2 is 1.69 bits per heavy atom. The lowest BCUT2D eigenvalue weighted by Crippen LogP contribution is -2.66. The van der Waals surface area contributed by atoms with Gasteiger partial charge in [-0.05, 0) is 66.5 Å². The first kappa shape index (κ1) is 49.6. The number of likely N-dealkylation sites (N-methyl/N-ethyl adjacent to an activating group) is 1. The van der Waals surface area contributed by atoms with Crippen LogP contribution < -0.4 is 0 Å². The molecular weight excluding hydrogens is 758 g/mol. The fraction of sp³-hybridized carbons (Fsp3) is 0.810. The summed E-state index contributed by atoms with van der Waals surface area (Å²) in [7, 11) is 4.87. The number of cyclic esters (lactones) is 1. The zero-order valence-corrected chi connectivity index (χ0v) is 35.9. The van der Waals surface area contributed by atoms with Gasteiger partial charge in [-0.15, -0.1) is 0 Å². The van der Waals surface area contributed by atoms with Crippen LogP contribution in [-0.2, 0) is 57.1 Å². The van der Waals surface area contributed by atoms with Crippen LogP contribution in [0.2, 0.25) is 0 Å². The third-order valence-corrected chi connectivity index (χ3v) is 11.1. The lowest BCUT2D eigenvalue weighted by atomic mass is 9.82. The number of nitrogens with zero attached hydrogens (tertiary/aromatic N) is 1. The van der Waals surface area contributed by atoms with E-state index in [1.54, 1.807) is 71.8 Å². The molecule has 16 nitrogen and oxygen atoms in total. The van der Waals surface area contributed by atoms with Gasteiger partial charge in [-0.1, -0.05) is 45.1 Å². The summed E-state index contributed by atoms with van der Waals surface area (Å²) in [6, 6.07) is -0.779. The predicted molar refractivity (Wildman–Crippen MR) is 210 cm³/mol. The van der Waals surface area contributed by atoms with Crippen LogP contribution in [0.4, 0.5) is 0 Å². The van der Waals surface area contributed by atoms with E-state index in [1.807, 2.05) is 19.9 Å². The molecule has 0 spiro atoms. The molecule has 0 radical (unpaired) electrons. The first-order chi connectivity index (χ1) is 27.4. The summed E-state index contributed by atoms with van der Waals surface area (Å²) >= 11 is 0. The van der Waals surface area contributed by atoms with Crippen molar-refractivity contribution in [3.63, 3.8) is 0 Å². The van der Waals surface area contributed by atoms with E-state index in [4.69, 9.17) is 37.9 Å². The highest BCUT2D eigenvalue weighted by atomic mass is 16.7. The van der Waals surface area contributed by atoms with Crippen molar-refractivity contribution in [2.45, 2.75) is 185 Å². The van der Waals surface area contributed by atoms with E-state index in [0.29, 0.717) is 12.8 Å². The van der Waals surface area contributed by atoms with Crippen LogP contribution in [0, 0.1) is 11.8 Å². The van der Waals surface area contributed by atoms with Gasteiger partial charge in [0.1, 0.15) is 42.4 Å². The molecule has 0 bridgehead atoms. The monoisotopic (exact) mass is 827 g/mol. The van der Waals surface area contributed by atoms with Crippen LogP contribution in [0.25, 0.3) is 0 Å². The maximum atomic E-state index is 13.3. The molecule has 16 heteroatoms. The molecule has 3 rings (SSSR count). The van der Waals surface area contributed by atoms with Crippen molar-refractivity contribution in [2.24, 2.45) is 11.8 Å². The minimum Gasteiger partial charge on any atom is -0.462 e. The number of hydrogen-bond acceptors (Lipinski definition) is 16. The Morgan fingerprint density at radius 3 is 2.29 bits per heavy atom. The van der Waals surface area contributed by atoms with Crippen molar-refractivity contribution in [1.82, 2.24) is 4.90 Å². The van der Waals surface area contributed by atoms with Crippen LogP contribution >= 0.6 is 0 Å². The standard InChI is InChI=1S/C42H69NO15/c1-11-16-32(47)56-40-27(6)53-34(23-42(40,7)50)57-37-26(5)54-41(36(49)35(37)43(8)9)58-38-28(19-20-44)21-24(3)29(45)18-15-13-14-17-25(4)52-33(48)22-30(39(38)51-10)55-31(46)12-2/h13-15,18,20,24-30,34-41,45,49-50H,11-12,16-17,19,21-23H2,1-10H3/b14-13+,18-15+/t24?,25-,26-,27+,28+,29+,30+,34+,35-,36-,37?,38+,39+,40+,41+,42-/m1/s1. The number of rotatable bonds is 13. The lowest BCUT2D eigenvalue weighted by molar-refractivity contribution is -0.344. The molecule has 58 heavy (non-hydrogen) atoms. The number of aliphatic hydroxyl groups excluding tert-OH is 2. The second kappa shape index (κ2) is 23.3. The molecule has 2 unspecified atom stereocenters. The summed E-state index contributed by atoms with van der Waals surface area (Å²) in [6.45, 7) is 12.0. The SMILES string of the molecule is CCCC(=O)O[C@H]1[C@H](C)O[C@@H](OC2[C@@H](C)O[C@@H](O[C@H]3[C@@H](CC=O)CC(C)[C@@H](O)/C=C/C=C/C[C@@H](C)OC(=O)C[C@H](OC(=O)CC)[C@@H]3OC)[C@H](O)[C@H]2N(C)C)C[C@@]1(C)O. The van der Waals surface area contributed by atoms with Gasteiger partial charge in [0.25, 0.3) is 0 Å². The quantitative estimate of drug-likeness (QED) is 0.139. The third-order valence-electron chi connectivity index (χ3n) is 11.1. The highest BCUT2D eigenvalue weighted by molar-refractivity contribution is 5.72. The maximum absolute atomic E-state index is 13.3. The van der Waals surface area contributed by atoms with E-state index < -0.39 is 121 Å². The minimum absolute atomic E-state index is 0.000517. The van der Waals surface area contributed by atoms with Crippen molar-refractivity contribution >= 4 is 24.2 Å². The minimum atomic E-state index is -1.49. The topological polar surface area (TPSA) is 206 Å². The van der Waals surface area contributed by atoms with E-state index in [0.717, 1.165) is 6.29 Å². The summed E-state index contributed by atoms with van der Waals surface area (Å²) < 4.78 is 48.7.